The van der Waals surface area contributed by atoms with Crippen molar-refractivity contribution in [2.24, 2.45) is 18.9 Å². The van der Waals surface area contributed by atoms with Crippen molar-refractivity contribution in [1.82, 2.24) is 14.7 Å². The van der Waals surface area contributed by atoms with E-state index in [1.807, 2.05) is 6.07 Å². The summed E-state index contributed by atoms with van der Waals surface area (Å²) < 4.78 is 41.0. The summed E-state index contributed by atoms with van der Waals surface area (Å²) in [6.45, 7) is 0.573. The van der Waals surface area contributed by atoms with Gasteiger partial charge in [-0.2, -0.15) is 18.3 Å². The molecule has 0 radical (unpaired) electrons. The summed E-state index contributed by atoms with van der Waals surface area (Å²) in [5, 5.41) is 15.8. The second kappa shape index (κ2) is 7.17. The fourth-order valence-electron chi connectivity index (χ4n) is 3.32. The molecule has 2 amide bonds. The number of urea groups is 1. The molecule has 0 saturated carbocycles. The van der Waals surface area contributed by atoms with Crippen LogP contribution in [-0.2, 0) is 11.8 Å². The number of hydrogen-bond donors (Lipinski definition) is 2. The van der Waals surface area contributed by atoms with Gasteiger partial charge in [-0.05, 0) is 24.6 Å². The number of anilines is 1. The van der Waals surface area contributed by atoms with E-state index in [1.165, 1.54) is 0 Å². The molecule has 150 valence electrons. The lowest BCUT2D eigenvalue weighted by molar-refractivity contribution is -0.187. The molecule has 0 unspecified atom stereocenters. The molecule has 1 aromatic heterocycles. The van der Waals surface area contributed by atoms with Crippen LogP contribution in [0.3, 0.4) is 0 Å². The fraction of sp³-hybridized carbons (Fsp3) is 0.389. The molecule has 1 aliphatic rings. The first-order chi connectivity index (χ1) is 13.1. The van der Waals surface area contributed by atoms with E-state index >= 15 is 0 Å². The van der Waals surface area contributed by atoms with E-state index in [2.05, 4.69) is 10.4 Å². The Balaban J connectivity index is 1.80. The Bertz CT molecular complexity index is 910. The molecule has 28 heavy (non-hydrogen) atoms. The van der Waals surface area contributed by atoms with Gasteiger partial charge >= 0.3 is 18.2 Å². The molecule has 0 spiro atoms. The van der Waals surface area contributed by atoms with Crippen LogP contribution in [0.1, 0.15) is 5.56 Å². The number of carbonyl (C=O) groups is 2. The first kappa shape index (κ1) is 19.7. The van der Waals surface area contributed by atoms with Gasteiger partial charge in [0.05, 0.1) is 17.5 Å². The average molecular weight is 396 g/mol. The lowest BCUT2D eigenvalue weighted by Crippen LogP contribution is -2.35. The van der Waals surface area contributed by atoms with Crippen molar-refractivity contribution in [3.8, 4) is 11.3 Å². The monoisotopic (exact) mass is 396 g/mol. The molecule has 1 fully saturated rings. The number of amides is 2. The Labute approximate surface area is 158 Å². The number of nitrogens with zero attached hydrogens (tertiary/aromatic N) is 3. The summed E-state index contributed by atoms with van der Waals surface area (Å²) >= 11 is 0. The lowest BCUT2D eigenvalue weighted by Gasteiger charge is -2.19. The Morgan fingerprint density at radius 2 is 1.96 bits per heavy atom. The highest BCUT2D eigenvalue weighted by molar-refractivity contribution is 5.91. The van der Waals surface area contributed by atoms with Gasteiger partial charge in [-0.3, -0.25) is 9.48 Å². The third-order valence-electron chi connectivity index (χ3n) is 4.94. The number of aryl methyl sites for hydroxylation is 2. The molecule has 1 aliphatic heterocycles. The molecule has 1 saturated heterocycles. The summed E-state index contributed by atoms with van der Waals surface area (Å²) in [6.07, 6.45) is -3.06. The van der Waals surface area contributed by atoms with E-state index in [9.17, 15) is 22.8 Å². The third kappa shape index (κ3) is 3.80. The maximum Gasteiger partial charge on any atom is 0.394 e. The number of alkyl halides is 3. The van der Waals surface area contributed by atoms with Crippen LogP contribution in [0, 0.1) is 18.8 Å². The molecule has 2 heterocycles. The van der Waals surface area contributed by atoms with E-state index in [1.54, 1.807) is 43.0 Å². The number of carboxylic acid groups (broad SMARTS) is 1. The fourth-order valence-corrected chi connectivity index (χ4v) is 3.32. The van der Waals surface area contributed by atoms with Crippen LogP contribution in [0.5, 0.6) is 0 Å². The molecule has 2 aromatic rings. The number of carboxylic acids is 1. The van der Waals surface area contributed by atoms with E-state index in [0.717, 1.165) is 21.7 Å². The zero-order valence-corrected chi connectivity index (χ0v) is 15.2. The third-order valence-corrected chi connectivity index (χ3v) is 4.94. The molecule has 1 aromatic carbocycles. The zero-order valence-electron chi connectivity index (χ0n) is 15.2. The van der Waals surface area contributed by atoms with Crippen molar-refractivity contribution >= 4 is 17.7 Å². The van der Waals surface area contributed by atoms with Crippen LogP contribution in [0.25, 0.3) is 11.3 Å². The average Bonchev–Trinajstić information content (AvgIpc) is 3.23. The van der Waals surface area contributed by atoms with Crippen molar-refractivity contribution in [3.63, 3.8) is 0 Å². The number of benzene rings is 1. The van der Waals surface area contributed by atoms with Crippen LogP contribution in [-0.4, -0.2) is 51.1 Å². The van der Waals surface area contributed by atoms with E-state index in [4.69, 9.17) is 5.11 Å². The van der Waals surface area contributed by atoms with Gasteiger partial charge < -0.3 is 15.3 Å². The molecule has 10 heteroatoms. The Hall–Kier alpha value is -3.04. The molecule has 0 aliphatic carbocycles. The van der Waals surface area contributed by atoms with Gasteiger partial charge in [0.1, 0.15) is 0 Å². The molecular weight excluding hydrogens is 377 g/mol. The number of nitrogens with one attached hydrogen (secondary N) is 1. The topological polar surface area (TPSA) is 87.5 Å². The van der Waals surface area contributed by atoms with Gasteiger partial charge in [-0.25, -0.2) is 4.79 Å². The van der Waals surface area contributed by atoms with Gasteiger partial charge in [0, 0.05) is 37.6 Å². The van der Waals surface area contributed by atoms with Gasteiger partial charge in [-0.15, -0.1) is 0 Å². The molecular formula is C18H19F3N4O3. The molecule has 0 bridgehead atoms. The van der Waals surface area contributed by atoms with Crippen molar-refractivity contribution < 1.29 is 27.9 Å². The summed E-state index contributed by atoms with van der Waals surface area (Å²) in [5.41, 5.74) is 2.74. The number of rotatable bonds is 3. The van der Waals surface area contributed by atoms with E-state index < -0.39 is 43.1 Å². The van der Waals surface area contributed by atoms with Crippen LogP contribution in [0.2, 0.25) is 0 Å². The van der Waals surface area contributed by atoms with Crippen molar-refractivity contribution in [3.05, 3.63) is 36.0 Å². The summed E-state index contributed by atoms with van der Waals surface area (Å²) in [6, 6.07) is 6.36. The summed E-state index contributed by atoms with van der Waals surface area (Å²) in [7, 11) is 1.76. The zero-order chi connectivity index (χ0) is 20.6. The van der Waals surface area contributed by atoms with Crippen LogP contribution < -0.4 is 5.32 Å². The molecule has 2 atom stereocenters. The smallest absolute Gasteiger partial charge is 0.394 e. The Kier molecular flexibility index (Phi) is 5.05. The highest BCUT2D eigenvalue weighted by Crippen LogP contribution is 2.38. The minimum Gasteiger partial charge on any atom is -0.481 e. The number of aromatic nitrogens is 2. The van der Waals surface area contributed by atoms with Gasteiger partial charge in [0.25, 0.3) is 0 Å². The second-order valence-corrected chi connectivity index (χ2v) is 6.80. The van der Waals surface area contributed by atoms with Crippen molar-refractivity contribution in [1.29, 1.82) is 0 Å². The van der Waals surface area contributed by atoms with E-state index in [0.29, 0.717) is 5.69 Å². The maximum atomic E-state index is 13.1. The second-order valence-electron chi connectivity index (χ2n) is 6.80. The summed E-state index contributed by atoms with van der Waals surface area (Å²) in [4.78, 5) is 24.6. The van der Waals surface area contributed by atoms with Gasteiger partial charge in [-0.1, -0.05) is 12.1 Å². The first-order valence-corrected chi connectivity index (χ1v) is 8.52. The number of aliphatic carboxylic acids is 1. The molecule has 2 N–H and O–H groups in total. The highest BCUT2D eigenvalue weighted by atomic mass is 19.4. The highest BCUT2D eigenvalue weighted by Gasteiger charge is 2.53. The maximum absolute atomic E-state index is 13.1. The van der Waals surface area contributed by atoms with Crippen molar-refractivity contribution in [2.75, 3.05) is 18.4 Å². The molecule has 7 nitrogen and oxygen atoms in total. The Morgan fingerprint density at radius 1 is 1.25 bits per heavy atom. The number of hydrogen-bond acceptors (Lipinski definition) is 3. The van der Waals surface area contributed by atoms with Crippen LogP contribution in [0.15, 0.2) is 30.5 Å². The number of halogens is 3. The van der Waals surface area contributed by atoms with Crippen LogP contribution in [0.4, 0.5) is 23.7 Å². The predicted octanol–water partition coefficient (Wildman–Crippen LogP) is 3.12. The van der Waals surface area contributed by atoms with E-state index in [-0.39, 0.29) is 0 Å². The largest absolute Gasteiger partial charge is 0.481 e. The van der Waals surface area contributed by atoms with Gasteiger partial charge in [0.2, 0.25) is 0 Å². The number of carbonyl (C=O) groups excluding carboxylic acids is 1. The Morgan fingerprint density at radius 3 is 2.50 bits per heavy atom. The standard InChI is InChI=1S/C18H19F3N4O3/c1-10-3-4-11(15-5-6-22-24(15)2)7-14(10)23-17(28)25-8-12(16(26)27)13(9-25)18(19,20)21/h3-7,12-13H,8-9H2,1-2H3,(H,23,28)(H,26,27)/t12-,13-/m1/s1. The van der Waals surface area contributed by atoms with Crippen LogP contribution >= 0.6 is 0 Å². The summed E-state index contributed by atoms with van der Waals surface area (Å²) in [5.74, 6) is -5.32. The normalized spacial score (nSPS) is 19.7. The molecule has 3 rings (SSSR count). The van der Waals surface area contributed by atoms with Crippen molar-refractivity contribution in [2.45, 2.75) is 13.1 Å². The lowest BCUT2D eigenvalue weighted by atomic mass is 9.96. The van der Waals surface area contributed by atoms with Gasteiger partial charge in [0.15, 0.2) is 0 Å². The predicted molar refractivity (Wildman–Crippen MR) is 94.6 cm³/mol. The first-order valence-electron chi connectivity index (χ1n) is 8.52. The quantitative estimate of drug-likeness (QED) is 0.835. The minimum atomic E-state index is -4.69. The minimum absolute atomic E-state index is 0.436. The number of likely N-dealkylation sites (tertiary alicyclic amines) is 1. The SMILES string of the molecule is Cc1ccc(-c2ccnn2C)cc1NC(=O)N1C[C@@H](C(F)(F)F)[C@H](C(=O)O)C1.